The number of azo groups is 2. The molecule has 0 spiro atoms. The van der Waals surface area contributed by atoms with E-state index >= 15 is 0 Å². The first kappa shape index (κ1) is 46.3. The van der Waals surface area contributed by atoms with Gasteiger partial charge in [-0.05, 0) is 81.4 Å². The second-order valence-corrected chi connectivity index (χ2v) is 19.1. The highest BCUT2D eigenvalue weighted by Crippen LogP contribution is 2.48. The van der Waals surface area contributed by atoms with Crippen molar-refractivity contribution in [3.63, 3.8) is 0 Å². The molecule has 0 saturated heterocycles. The molecule has 2 aromatic carbocycles. The molecule has 0 aliphatic heterocycles. The average molecular weight is 848 g/mol. The third kappa shape index (κ3) is 10.6. The first-order valence-electron chi connectivity index (χ1n) is 18.2. The van der Waals surface area contributed by atoms with Gasteiger partial charge in [0.2, 0.25) is 0 Å². The molecule has 0 fully saturated rings. The Kier molecular flexibility index (Phi) is 12.7. The number of ketones is 2. The van der Waals surface area contributed by atoms with Gasteiger partial charge in [0.25, 0.3) is 0 Å². The maximum atomic E-state index is 14.5. The molecule has 310 valence electrons. The molecule has 14 heteroatoms. The Bertz CT molecular complexity index is 2060. The minimum absolute atomic E-state index is 0.144. The van der Waals surface area contributed by atoms with Gasteiger partial charge in [-0.25, -0.2) is 0 Å². The quantitative estimate of drug-likeness (QED) is 0.222. The summed E-state index contributed by atoms with van der Waals surface area (Å²) in [4.78, 5) is 26.5. The second kappa shape index (κ2) is 16.0. The fraction of sp³-hybridized carbons (Fsp3) is 0.409. The molecule has 0 radical (unpaired) electrons. The van der Waals surface area contributed by atoms with E-state index in [9.17, 15) is 35.9 Å². The number of hydrogen-bond acceptors (Lipinski definition) is 6. The van der Waals surface area contributed by atoms with Crippen LogP contribution in [0, 0.1) is 21.7 Å². The van der Waals surface area contributed by atoms with Gasteiger partial charge in [-0.15, -0.1) is 0 Å². The van der Waals surface area contributed by atoms with E-state index in [4.69, 9.17) is 23.2 Å². The third-order valence-corrected chi connectivity index (χ3v) is 9.90. The lowest BCUT2D eigenvalue weighted by atomic mass is 9.72. The highest BCUT2D eigenvalue weighted by molar-refractivity contribution is 6.37. The van der Waals surface area contributed by atoms with Crippen molar-refractivity contribution in [1.29, 1.82) is 0 Å². The van der Waals surface area contributed by atoms with Gasteiger partial charge in [0.1, 0.15) is 0 Å². The Morgan fingerprint density at radius 1 is 0.466 bits per heavy atom. The van der Waals surface area contributed by atoms with Crippen LogP contribution in [-0.4, -0.2) is 11.6 Å². The van der Waals surface area contributed by atoms with E-state index in [1.165, 1.54) is 12.4 Å². The van der Waals surface area contributed by atoms with Crippen molar-refractivity contribution in [3.8, 4) is 11.1 Å². The predicted octanol–water partition coefficient (Wildman–Crippen LogP) is 15.7. The molecule has 0 saturated carbocycles. The van der Waals surface area contributed by atoms with Gasteiger partial charge < -0.3 is 0 Å². The molecule has 0 aromatic heterocycles. The summed E-state index contributed by atoms with van der Waals surface area (Å²) in [5.74, 6) is -0.289. The van der Waals surface area contributed by atoms with Crippen molar-refractivity contribution in [2.45, 2.75) is 95.4 Å². The number of halogens is 8. The molecule has 0 bridgehead atoms. The van der Waals surface area contributed by atoms with Crippen molar-refractivity contribution in [2.75, 3.05) is 0 Å². The maximum absolute atomic E-state index is 14.5. The molecular formula is C44H46Cl2F6N4O2. The number of carbonyl (C=O) groups is 2. The molecule has 6 nitrogen and oxygen atoms in total. The Labute approximate surface area is 345 Å². The minimum Gasteiger partial charge on any atom is -0.289 e. The average Bonchev–Trinajstić information content (AvgIpc) is 3.03. The van der Waals surface area contributed by atoms with Crippen LogP contribution in [0.2, 0.25) is 10.0 Å². The molecule has 2 aliphatic carbocycles. The van der Waals surface area contributed by atoms with Crippen LogP contribution in [0.3, 0.4) is 0 Å². The monoisotopic (exact) mass is 846 g/mol. The van der Waals surface area contributed by atoms with Crippen molar-refractivity contribution in [1.82, 2.24) is 0 Å². The molecule has 0 heterocycles. The zero-order valence-electron chi connectivity index (χ0n) is 34.4. The number of alkyl halides is 6. The van der Waals surface area contributed by atoms with Crippen molar-refractivity contribution >= 4 is 46.1 Å². The Morgan fingerprint density at radius 2 is 0.724 bits per heavy atom. The van der Waals surface area contributed by atoms with E-state index in [-0.39, 0.29) is 21.6 Å². The van der Waals surface area contributed by atoms with Crippen LogP contribution in [0.15, 0.2) is 115 Å². The maximum Gasteiger partial charge on any atom is 0.418 e. The van der Waals surface area contributed by atoms with Crippen LogP contribution < -0.4 is 0 Å². The highest BCUT2D eigenvalue weighted by atomic mass is 35.5. The summed E-state index contributed by atoms with van der Waals surface area (Å²) < 4.78 is 87.0. The number of benzene rings is 2. The number of carbonyl (C=O) groups excluding carboxylic acids is 2. The van der Waals surface area contributed by atoms with Gasteiger partial charge in [0.05, 0.1) is 44.9 Å². The van der Waals surface area contributed by atoms with E-state index in [0.29, 0.717) is 45.6 Å². The van der Waals surface area contributed by atoms with E-state index in [2.05, 4.69) is 20.5 Å². The number of nitrogens with zero attached hydrogens (tertiary/aromatic N) is 4. The van der Waals surface area contributed by atoms with Gasteiger partial charge in [-0.3, -0.25) is 9.59 Å². The fourth-order valence-corrected chi connectivity index (χ4v) is 6.67. The van der Waals surface area contributed by atoms with Crippen LogP contribution in [0.25, 0.3) is 11.1 Å². The summed E-state index contributed by atoms with van der Waals surface area (Å²) in [7, 11) is 0. The summed E-state index contributed by atoms with van der Waals surface area (Å²) in [6.45, 7) is 22.4. The largest absolute Gasteiger partial charge is 0.418 e. The Balaban J connectivity index is 1.81. The number of Topliss-reactive ketones (excluding diaryl/α,β-unsaturated/α-hetero) is 2. The third-order valence-electron chi connectivity index (χ3n) is 9.27. The second-order valence-electron chi connectivity index (χ2n) is 18.3. The van der Waals surface area contributed by atoms with Crippen molar-refractivity contribution in [3.05, 3.63) is 116 Å². The molecular weight excluding hydrogens is 801 g/mol. The summed E-state index contributed by atoms with van der Waals surface area (Å²) in [6, 6.07) is 2.81. The van der Waals surface area contributed by atoms with Crippen LogP contribution in [0.4, 0.5) is 37.7 Å². The smallest absolute Gasteiger partial charge is 0.289 e. The summed E-state index contributed by atoms with van der Waals surface area (Å²) in [6.07, 6.45) is -1.21. The molecule has 4 rings (SSSR count). The van der Waals surface area contributed by atoms with Crippen molar-refractivity contribution in [2.24, 2.45) is 42.1 Å². The van der Waals surface area contributed by atoms with Gasteiger partial charge in [0.15, 0.2) is 11.6 Å². The zero-order chi connectivity index (χ0) is 44.1. The zero-order valence-corrected chi connectivity index (χ0v) is 35.9. The summed E-state index contributed by atoms with van der Waals surface area (Å²) >= 11 is 12.9. The van der Waals surface area contributed by atoms with Gasteiger partial charge in [-0.2, -0.15) is 46.8 Å². The number of allylic oxidation sites excluding steroid dienone is 10. The van der Waals surface area contributed by atoms with E-state index in [1.54, 1.807) is 24.3 Å². The predicted molar refractivity (Wildman–Crippen MR) is 217 cm³/mol. The Morgan fingerprint density at radius 3 is 0.948 bits per heavy atom. The normalized spacial score (nSPS) is 16.6. The van der Waals surface area contributed by atoms with Crippen LogP contribution >= 0.6 is 23.2 Å². The van der Waals surface area contributed by atoms with E-state index in [1.807, 2.05) is 83.1 Å². The van der Waals surface area contributed by atoms with E-state index in [0.717, 1.165) is 12.1 Å². The standard InChI is InChI=1S/C44H46Cl2F6N4O2/c1-39(2,3)29-13-23(14-30(37(29)57)40(4,5)6)21-53-55-35-19-33(45)25(17-27(35)43(47,48)49)26-18-28(44(50,51)52)36(20-34(26)46)56-54-22-24-15-31(41(7,8)9)38(58)32(16-24)42(10,11)12/h13-22H,1-12H3. The lowest BCUT2D eigenvalue weighted by molar-refractivity contribution is -0.138. The molecule has 0 N–H and O–H groups in total. The molecule has 2 aliphatic rings. The van der Waals surface area contributed by atoms with Crippen molar-refractivity contribution < 1.29 is 35.9 Å². The highest BCUT2D eigenvalue weighted by Gasteiger charge is 2.39. The van der Waals surface area contributed by atoms with E-state index < -0.39 is 67.6 Å². The molecule has 58 heavy (non-hydrogen) atoms. The molecule has 0 amide bonds. The topological polar surface area (TPSA) is 83.6 Å². The van der Waals surface area contributed by atoms with Gasteiger partial charge >= 0.3 is 12.4 Å². The SMILES string of the molecule is CC(C)(C)C1=CC(=CN=Nc2cc(Cl)c(-c3cc(C(F)(F)F)c(N=NC=C4C=C(C(C)(C)C)C(=O)C(C(C)(C)C)=C4)cc3Cl)cc2C(F)(F)F)C=C(C(C)(C)C)C1=O. The van der Waals surface area contributed by atoms with Crippen LogP contribution in [-0.2, 0) is 21.9 Å². The van der Waals surface area contributed by atoms with Crippen LogP contribution in [0.1, 0.15) is 94.2 Å². The number of rotatable bonds is 5. The lowest BCUT2D eigenvalue weighted by Crippen LogP contribution is -2.27. The first-order chi connectivity index (χ1) is 26.2. The summed E-state index contributed by atoms with van der Waals surface area (Å²) in [5.41, 5.74) is -4.31. The lowest BCUT2D eigenvalue weighted by Gasteiger charge is -2.31. The first-order valence-corrected chi connectivity index (χ1v) is 19.0. The molecule has 2 aromatic rings. The fourth-order valence-electron chi connectivity index (χ4n) is 6.15. The Hall–Kier alpha value is -4.42. The minimum atomic E-state index is -5.04. The summed E-state index contributed by atoms with van der Waals surface area (Å²) in [5, 5.41) is 14.6. The molecule has 0 unspecified atom stereocenters. The van der Waals surface area contributed by atoms with Crippen LogP contribution in [0.5, 0.6) is 0 Å². The van der Waals surface area contributed by atoms with Gasteiger partial charge in [-0.1, -0.05) is 106 Å². The molecule has 0 atom stereocenters. The van der Waals surface area contributed by atoms with Gasteiger partial charge in [0, 0.05) is 33.4 Å². The number of hydrogen-bond donors (Lipinski definition) is 0.